The van der Waals surface area contributed by atoms with Gasteiger partial charge in [-0.1, -0.05) is 56.3 Å². The molecule has 0 spiro atoms. The topological polar surface area (TPSA) is 75.4 Å². The zero-order valence-corrected chi connectivity index (χ0v) is 15.2. The van der Waals surface area contributed by atoms with E-state index < -0.39 is 0 Å². The van der Waals surface area contributed by atoms with Crippen molar-refractivity contribution in [2.45, 2.75) is 20.3 Å². The first-order chi connectivity index (χ1) is 11.8. The predicted octanol–water partition coefficient (Wildman–Crippen LogP) is 1.94. The van der Waals surface area contributed by atoms with Crippen LogP contribution in [-0.4, -0.2) is 43.4 Å². The smallest absolute Gasteiger partial charge is 0.241 e. The van der Waals surface area contributed by atoms with Crippen LogP contribution in [0.4, 0.5) is 0 Å². The molecule has 0 aliphatic carbocycles. The van der Waals surface area contributed by atoms with Gasteiger partial charge in [-0.25, -0.2) is 0 Å². The Balaban J connectivity index is 1.91. The molecule has 2 amide bonds. The molecule has 2 aromatic carbocycles. The highest BCUT2D eigenvalue weighted by atomic mass is 16.2. The van der Waals surface area contributed by atoms with Gasteiger partial charge in [0, 0.05) is 13.6 Å². The highest BCUT2D eigenvalue weighted by molar-refractivity contribution is 5.91. The molecule has 0 saturated carbocycles. The van der Waals surface area contributed by atoms with E-state index in [-0.39, 0.29) is 30.2 Å². The number of hydrogen-bond acceptors (Lipinski definition) is 3. The zero-order valence-electron chi connectivity index (χ0n) is 15.2. The molecule has 2 rings (SSSR count). The van der Waals surface area contributed by atoms with Crippen molar-refractivity contribution in [3.8, 4) is 0 Å². The average molecular weight is 341 g/mol. The number of likely N-dealkylation sites (N-methyl/N-ethyl adjacent to an activating group) is 1. The Hall–Kier alpha value is -2.40. The molecule has 0 aromatic heterocycles. The van der Waals surface area contributed by atoms with Gasteiger partial charge in [-0.15, -0.1) is 0 Å². The van der Waals surface area contributed by atoms with E-state index in [2.05, 4.69) is 5.32 Å². The summed E-state index contributed by atoms with van der Waals surface area (Å²) in [5, 5.41) is 4.89. The van der Waals surface area contributed by atoms with E-state index in [1.165, 1.54) is 0 Å². The molecule has 0 aliphatic heterocycles. The normalized spacial score (nSPS) is 11.4. The van der Waals surface area contributed by atoms with E-state index in [1.54, 1.807) is 11.9 Å². The number of benzene rings is 2. The summed E-state index contributed by atoms with van der Waals surface area (Å²) in [7, 11) is 1.73. The van der Waals surface area contributed by atoms with Crippen molar-refractivity contribution in [1.82, 2.24) is 10.2 Å². The van der Waals surface area contributed by atoms with Gasteiger partial charge in [-0.05, 0) is 28.3 Å². The van der Waals surface area contributed by atoms with Crippen LogP contribution < -0.4 is 11.1 Å². The van der Waals surface area contributed by atoms with E-state index in [4.69, 9.17) is 5.73 Å². The van der Waals surface area contributed by atoms with Gasteiger partial charge in [-0.3, -0.25) is 9.59 Å². The molecule has 0 atom stereocenters. The summed E-state index contributed by atoms with van der Waals surface area (Å²) < 4.78 is 0. The Morgan fingerprint density at radius 1 is 1.12 bits per heavy atom. The lowest BCUT2D eigenvalue weighted by atomic mass is 9.93. The van der Waals surface area contributed by atoms with E-state index in [9.17, 15) is 9.59 Å². The quantitative estimate of drug-likeness (QED) is 0.808. The van der Waals surface area contributed by atoms with Crippen LogP contribution in [0.25, 0.3) is 10.8 Å². The van der Waals surface area contributed by atoms with Gasteiger partial charge in [0.2, 0.25) is 11.8 Å². The van der Waals surface area contributed by atoms with E-state index in [1.807, 2.05) is 56.3 Å². The predicted molar refractivity (Wildman–Crippen MR) is 101 cm³/mol. The van der Waals surface area contributed by atoms with Crippen molar-refractivity contribution in [2.24, 2.45) is 11.1 Å². The summed E-state index contributed by atoms with van der Waals surface area (Å²) in [5.74, 6) is -0.274. The molecule has 0 fully saturated rings. The van der Waals surface area contributed by atoms with Gasteiger partial charge in [0.15, 0.2) is 0 Å². The molecule has 2 aromatic rings. The molecule has 5 nitrogen and oxygen atoms in total. The Morgan fingerprint density at radius 2 is 1.80 bits per heavy atom. The van der Waals surface area contributed by atoms with Crippen LogP contribution in [0.2, 0.25) is 0 Å². The standard InChI is InChI=1S/C20H27N3O2/c1-20(2,13-21)14-23(3)19(25)12-22-18(24)11-16-9-6-8-15-7-4-5-10-17(15)16/h4-10H,11-14,21H2,1-3H3,(H,22,24). The minimum Gasteiger partial charge on any atom is -0.347 e. The SMILES string of the molecule is CN(CC(C)(C)CN)C(=O)CNC(=O)Cc1cccc2ccccc12. The Labute approximate surface area is 149 Å². The van der Waals surface area contributed by atoms with E-state index in [0.717, 1.165) is 16.3 Å². The van der Waals surface area contributed by atoms with Gasteiger partial charge in [0.1, 0.15) is 0 Å². The molecule has 0 aliphatic rings. The molecule has 25 heavy (non-hydrogen) atoms. The number of nitrogens with two attached hydrogens (primary N) is 1. The zero-order chi connectivity index (χ0) is 18.4. The summed E-state index contributed by atoms with van der Waals surface area (Å²) in [6.45, 7) is 5.08. The van der Waals surface area contributed by atoms with Gasteiger partial charge in [-0.2, -0.15) is 0 Å². The molecular weight excluding hydrogens is 314 g/mol. The number of nitrogens with zero attached hydrogens (tertiary/aromatic N) is 1. The number of carbonyl (C=O) groups excluding carboxylic acids is 2. The molecule has 3 N–H and O–H groups in total. The van der Waals surface area contributed by atoms with Crippen molar-refractivity contribution in [3.05, 3.63) is 48.0 Å². The third-order valence-electron chi connectivity index (χ3n) is 4.31. The highest BCUT2D eigenvalue weighted by Crippen LogP contribution is 2.18. The fourth-order valence-corrected chi connectivity index (χ4v) is 2.79. The van der Waals surface area contributed by atoms with Gasteiger partial charge in [0.05, 0.1) is 13.0 Å². The molecule has 5 heteroatoms. The van der Waals surface area contributed by atoms with Crippen LogP contribution >= 0.6 is 0 Å². The Kier molecular flexibility index (Phi) is 6.15. The van der Waals surface area contributed by atoms with Crippen molar-refractivity contribution < 1.29 is 9.59 Å². The Morgan fingerprint density at radius 3 is 2.52 bits per heavy atom. The lowest BCUT2D eigenvalue weighted by Gasteiger charge is -2.29. The fourth-order valence-electron chi connectivity index (χ4n) is 2.79. The lowest BCUT2D eigenvalue weighted by Crippen LogP contribution is -2.44. The molecule has 0 saturated heterocycles. The first-order valence-corrected chi connectivity index (χ1v) is 8.50. The van der Waals surface area contributed by atoms with Crippen LogP contribution in [0.3, 0.4) is 0 Å². The summed E-state index contributed by atoms with van der Waals surface area (Å²) >= 11 is 0. The van der Waals surface area contributed by atoms with Crippen LogP contribution in [0.1, 0.15) is 19.4 Å². The summed E-state index contributed by atoms with van der Waals surface area (Å²) in [4.78, 5) is 26.0. The third kappa shape index (κ3) is 5.29. The van der Waals surface area contributed by atoms with Crippen molar-refractivity contribution >= 4 is 22.6 Å². The van der Waals surface area contributed by atoms with Crippen LogP contribution in [-0.2, 0) is 16.0 Å². The fraction of sp³-hybridized carbons (Fsp3) is 0.400. The van der Waals surface area contributed by atoms with Crippen LogP contribution in [0.15, 0.2) is 42.5 Å². The average Bonchev–Trinajstić information content (AvgIpc) is 2.59. The summed E-state index contributed by atoms with van der Waals surface area (Å²) in [6, 6.07) is 13.9. The second-order valence-electron chi connectivity index (χ2n) is 7.21. The number of rotatable bonds is 7. The second kappa shape index (κ2) is 8.12. The number of nitrogens with one attached hydrogen (secondary N) is 1. The van der Waals surface area contributed by atoms with Gasteiger partial charge >= 0.3 is 0 Å². The van der Waals surface area contributed by atoms with Crippen molar-refractivity contribution in [3.63, 3.8) is 0 Å². The first kappa shape index (κ1) is 18.9. The maximum absolute atomic E-state index is 12.2. The molecule has 0 bridgehead atoms. The number of carbonyl (C=O) groups is 2. The highest BCUT2D eigenvalue weighted by Gasteiger charge is 2.21. The monoisotopic (exact) mass is 341 g/mol. The van der Waals surface area contributed by atoms with E-state index >= 15 is 0 Å². The largest absolute Gasteiger partial charge is 0.347 e. The maximum Gasteiger partial charge on any atom is 0.241 e. The number of fused-ring (bicyclic) bond motifs is 1. The van der Waals surface area contributed by atoms with Crippen LogP contribution in [0, 0.1) is 5.41 Å². The second-order valence-corrected chi connectivity index (χ2v) is 7.21. The van der Waals surface area contributed by atoms with Crippen molar-refractivity contribution in [2.75, 3.05) is 26.7 Å². The summed E-state index contributed by atoms with van der Waals surface area (Å²) in [5.41, 5.74) is 6.52. The first-order valence-electron chi connectivity index (χ1n) is 8.50. The molecule has 134 valence electrons. The molecular formula is C20H27N3O2. The molecule has 0 radical (unpaired) electrons. The third-order valence-corrected chi connectivity index (χ3v) is 4.31. The summed E-state index contributed by atoms with van der Waals surface area (Å²) in [6.07, 6.45) is 0.257. The van der Waals surface area contributed by atoms with Crippen molar-refractivity contribution in [1.29, 1.82) is 0 Å². The minimum atomic E-state index is -0.156. The van der Waals surface area contributed by atoms with Crippen LogP contribution in [0.5, 0.6) is 0 Å². The molecule has 0 heterocycles. The lowest BCUT2D eigenvalue weighted by molar-refractivity contribution is -0.132. The number of hydrogen-bond donors (Lipinski definition) is 2. The molecule has 0 unspecified atom stereocenters. The minimum absolute atomic E-state index is 0.000745. The maximum atomic E-state index is 12.2. The Bertz CT molecular complexity index is 750. The van der Waals surface area contributed by atoms with Gasteiger partial charge < -0.3 is 16.0 Å². The van der Waals surface area contributed by atoms with Gasteiger partial charge in [0.25, 0.3) is 0 Å². The van der Waals surface area contributed by atoms with E-state index in [0.29, 0.717) is 13.1 Å². The number of amides is 2.